The number of nitro benzene ring substituents is 2. The third-order valence-corrected chi connectivity index (χ3v) is 2.40. The van der Waals surface area contributed by atoms with E-state index in [0.29, 0.717) is 24.3 Å². The first-order valence-electron chi connectivity index (χ1n) is 5.69. The van der Waals surface area contributed by atoms with Crippen molar-refractivity contribution in [3.63, 3.8) is 0 Å². The molecular formula is C12H6F4N2O6. The summed E-state index contributed by atoms with van der Waals surface area (Å²) in [4.78, 5) is 18.0. The van der Waals surface area contributed by atoms with E-state index in [4.69, 9.17) is 10.2 Å². The van der Waals surface area contributed by atoms with E-state index < -0.39 is 56.0 Å². The molecule has 2 N–H and O–H groups in total. The molecule has 0 amide bonds. The number of aromatic hydroxyl groups is 2. The first kappa shape index (κ1) is 18.6. The number of phenols is 2. The van der Waals surface area contributed by atoms with Crippen molar-refractivity contribution in [3.8, 4) is 11.5 Å². The Morgan fingerprint density at radius 3 is 1.75 bits per heavy atom. The third kappa shape index (κ3) is 4.28. The second-order valence-electron chi connectivity index (χ2n) is 4.02. The molecule has 24 heavy (non-hydrogen) atoms. The molecule has 0 radical (unpaired) electrons. The van der Waals surface area contributed by atoms with Crippen LogP contribution in [0.2, 0.25) is 0 Å². The van der Waals surface area contributed by atoms with Gasteiger partial charge in [0.25, 0.3) is 0 Å². The lowest BCUT2D eigenvalue weighted by Gasteiger charge is -1.96. The fourth-order valence-corrected chi connectivity index (χ4v) is 1.41. The highest BCUT2D eigenvalue weighted by atomic mass is 19.2. The van der Waals surface area contributed by atoms with Gasteiger partial charge in [0.05, 0.1) is 15.9 Å². The van der Waals surface area contributed by atoms with Gasteiger partial charge in [-0.3, -0.25) is 20.2 Å². The number of benzene rings is 2. The van der Waals surface area contributed by atoms with Crippen molar-refractivity contribution in [2.75, 3.05) is 0 Å². The summed E-state index contributed by atoms with van der Waals surface area (Å²) in [7, 11) is 0. The lowest BCUT2D eigenvalue weighted by molar-refractivity contribution is -0.388. The zero-order valence-corrected chi connectivity index (χ0v) is 11.2. The summed E-state index contributed by atoms with van der Waals surface area (Å²) in [6.45, 7) is 0. The van der Waals surface area contributed by atoms with Crippen molar-refractivity contribution < 1.29 is 37.6 Å². The summed E-state index contributed by atoms with van der Waals surface area (Å²) in [6.07, 6.45) is 0. The largest absolute Gasteiger partial charge is 0.502 e. The van der Waals surface area contributed by atoms with Crippen LogP contribution in [0, 0.1) is 43.5 Å². The molecule has 2 aromatic carbocycles. The van der Waals surface area contributed by atoms with Crippen LogP contribution in [0.15, 0.2) is 24.3 Å². The van der Waals surface area contributed by atoms with Gasteiger partial charge in [-0.15, -0.1) is 0 Å². The predicted octanol–water partition coefficient (Wildman–Crippen LogP) is 3.16. The van der Waals surface area contributed by atoms with Gasteiger partial charge in [-0.05, 0) is 0 Å². The molecule has 0 heterocycles. The topological polar surface area (TPSA) is 127 Å². The average molecular weight is 350 g/mol. The summed E-state index contributed by atoms with van der Waals surface area (Å²) in [5.74, 6) is -7.04. The maximum Gasteiger partial charge on any atom is 0.346 e. The van der Waals surface area contributed by atoms with Crippen molar-refractivity contribution in [1.29, 1.82) is 0 Å². The van der Waals surface area contributed by atoms with E-state index in [-0.39, 0.29) is 0 Å². The van der Waals surface area contributed by atoms with Gasteiger partial charge < -0.3 is 10.2 Å². The van der Waals surface area contributed by atoms with Gasteiger partial charge in [0.1, 0.15) is 5.82 Å². The minimum absolute atomic E-state index is 0.324. The molecule has 0 bridgehead atoms. The predicted molar refractivity (Wildman–Crippen MR) is 69.4 cm³/mol. The number of rotatable bonds is 2. The maximum absolute atomic E-state index is 12.5. The van der Waals surface area contributed by atoms with E-state index in [9.17, 15) is 37.8 Å². The zero-order chi connectivity index (χ0) is 18.6. The van der Waals surface area contributed by atoms with Crippen molar-refractivity contribution in [1.82, 2.24) is 0 Å². The molecule has 2 aromatic rings. The van der Waals surface area contributed by atoms with Crippen molar-refractivity contribution in [3.05, 3.63) is 67.8 Å². The molecule has 128 valence electrons. The van der Waals surface area contributed by atoms with Gasteiger partial charge in [-0.1, -0.05) is 0 Å². The number of hydrogen-bond donors (Lipinski definition) is 2. The second-order valence-corrected chi connectivity index (χ2v) is 4.02. The molecule has 0 aliphatic heterocycles. The highest BCUT2D eigenvalue weighted by Crippen LogP contribution is 2.29. The summed E-state index contributed by atoms with van der Waals surface area (Å²) in [6, 6.07) is 1.48. The Kier molecular flexibility index (Phi) is 5.59. The highest BCUT2D eigenvalue weighted by Gasteiger charge is 2.21. The van der Waals surface area contributed by atoms with Crippen LogP contribution in [0.25, 0.3) is 0 Å². The minimum atomic E-state index is -1.39. The average Bonchev–Trinajstić information content (AvgIpc) is 2.41. The number of nitro groups is 2. The van der Waals surface area contributed by atoms with Crippen LogP contribution in [-0.4, -0.2) is 20.1 Å². The standard InChI is InChI=1S/2C6H3F2NO3/c7-3-1-5(9(11)12)6(10)2-4(3)8;7-3-1-4(8)6(9(11)12)5(10)2-3/h2*1-2,10H. The van der Waals surface area contributed by atoms with Crippen LogP contribution < -0.4 is 0 Å². The van der Waals surface area contributed by atoms with Crippen LogP contribution in [0.5, 0.6) is 11.5 Å². The summed E-state index contributed by atoms with van der Waals surface area (Å²) in [5, 5.41) is 37.5. The SMILES string of the molecule is O=[N+]([O-])c1c(O)cc(F)cc1F.O=[N+]([O-])c1cc(F)c(F)cc1O. The van der Waals surface area contributed by atoms with Gasteiger partial charge in [0, 0.05) is 18.2 Å². The normalized spacial score (nSPS) is 9.83. The number of nitrogens with zero attached hydrogens (tertiary/aromatic N) is 2. The van der Waals surface area contributed by atoms with Crippen LogP contribution in [0.1, 0.15) is 0 Å². The van der Waals surface area contributed by atoms with E-state index in [1.807, 2.05) is 0 Å². The van der Waals surface area contributed by atoms with Crippen molar-refractivity contribution >= 4 is 11.4 Å². The Morgan fingerprint density at radius 2 is 1.29 bits per heavy atom. The molecule has 8 nitrogen and oxygen atoms in total. The fraction of sp³-hybridized carbons (Fsp3) is 0. The molecule has 2 rings (SSSR count). The Morgan fingerprint density at radius 1 is 0.750 bits per heavy atom. The molecule has 0 aliphatic carbocycles. The van der Waals surface area contributed by atoms with Crippen LogP contribution in [-0.2, 0) is 0 Å². The number of phenolic OH excluding ortho intramolecular Hbond substituents is 2. The van der Waals surface area contributed by atoms with E-state index in [0.717, 1.165) is 0 Å². The molecule has 0 fully saturated rings. The molecular weight excluding hydrogens is 344 g/mol. The maximum atomic E-state index is 12.5. The van der Waals surface area contributed by atoms with Gasteiger partial charge in [-0.25, -0.2) is 13.2 Å². The summed E-state index contributed by atoms with van der Waals surface area (Å²) >= 11 is 0. The smallest absolute Gasteiger partial charge is 0.346 e. The van der Waals surface area contributed by atoms with E-state index in [2.05, 4.69) is 0 Å². The quantitative estimate of drug-likeness (QED) is 0.487. The Hall–Kier alpha value is -3.44. The molecule has 0 atom stereocenters. The lowest BCUT2D eigenvalue weighted by Crippen LogP contribution is -1.93. The van der Waals surface area contributed by atoms with E-state index >= 15 is 0 Å². The van der Waals surface area contributed by atoms with Crippen molar-refractivity contribution in [2.45, 2.75) is 0 Å². The Labute approximate surface area is 129 Å². The molecule has 0 aromatic heterocycles. The van der Waals surface area contributed by atoms with E-state index in [1.165, 1.54) is 0 Å². The third-order valence-electron chi connectivity index (χ3n) is 2.40. The number of hydrogen-bond acceptors (Lipinski definition) is 6. The molecule has 12 heteroatoms. The van der Waals surface area contributed by atoms with Gasteiger partial charge >= 0.3 is 11.4 Å². The number of halogens is 4. The first-order chi connectivity index (χ1) is 11.0. The Balaban J connectivity index is 0.000000240. The zero-order valence-electron chi connectivity index (χ0n) is 11.2. The van der Waals surface area contributed by atoms with Gasteiger partial charge in [0.2, 0.25) is 5.82 Å². The van der Waals surface area contributed by atoms with Crippen LogP contribution in [0.3, 0.4) is 0 Å². The highest BCUT2D eigenvalue weighted by molar-refractivity contribution is 5.46. The molecule has 0 unspecified atom stereocenters. The lowest BCUT2D eigenvalue weighted by atomic mass is 10.3. The molecule has 0 saturated heterocycles. The monoisotopic (exact) mass is 350 g/mol. The first-order valence-corrected chi connectivity index (χ1v) is 5.69. The molecule has 0 saturated carbocycles. The minimum Gasteiger partial charge on any atom is -0.502 e. The summed E-state index contributed by atoms with van der Waals surface area (Å²) in [5.41, 5.74) is -1.97. The fourth-order valence-electron chi connectivity index (χ4n) is 1.41. The summed E-state index contributed by atoms with van der Waals surface area (Å²) < 4.78 is 49.4. The van der Waals surface area contributed by atoms with Crippen LogP contribution >= 0.6 is 0 Å². The van der Waals surface area contributed by atoms with Gasteiger partial charge in [-0.2, -0.15) is 4.39 Å². The van der Waals surface area contributed by atoms with Crippen molar-refractivity contribution in [2.24, 2.45) is 0 Å². The molecule has 0 aliphatic rings. The molecule has 0 spiro atoms. The Bertz CT molecular complexity index is 791. The van der Waals surface area contributed by atoms with E-state index in [1.54, 1.807) is 0 Å². The van der Waals surface area contributed by atoms with Crippen LogP contribution in [0.4, 0.5) is 28.9 Å². The second kappa shape index (κ2) is 7.21. The van der Waals surface area contributed by atoms with Gasteiger partial charge in [0.15, 0.2) is 23.1 Å².